The van der Waals surface area contributed by atoms with Crippen LogP contribution >= 0.6 is 7.82 Å². The predicted octanol–water partition coefficient (Wildman–Crippen LogP) is 10.6. The summed E-state index contributed by atoms with van der Waals surface area (Å²) in [6.45, 7) is 4.37. The van der Waals surface area contributed by atoms with E-state index >= 15 is 0 Å². The number of allylic oxidation sites excluding steroid dienone is 2. The van der Waals surface area contributed by atoms with E-state index < -0.39 is 32.5 Å². The van der Waals surface area contributed by atoms with Gasteiger partial charge >= 0.3 is 19.8 Å². The molecule has 0 fully saturated rings. The summed E-state index contributed by atoms with van der Waals surface area (Å²) >= 11 is 0. The second kappa shape index (κ2) is 32.6. The van der Waals surface area contributed by atoms with Crippen molar-refractivity contribution < 1.29 is 42.1 Å². The Balaban J connectivity index is 4.42. The van der Waals surface area contributed by atoms with Crippen LogP contribution in [0.4, 0.5) is 0 Å². The third-order valence-corrected chi connectivity index (χ3v) is 9.54. The quantitative estimate of drug-likeness (QED) is 0.0224. The molecule has 0 saturated carbocycles. The van der Waals surface area contributed by atoms with Gasteiger partial charge in [-0.1, -0.05) is 148 Å². The fourth-order valence-electron chi connectivity index (χ4n) is 5.38. The topological polar surface area (TPSA) is 108 Å². The van der Waals surface area contributed by atoms with Gasteiger partial charge in [0.2, 0.25) is 0 Å². The lowest BCUT2D eigenvalue weighted by molar-refractivity contribution is -0.870. The average molecular weight is 719 g/mol. The number of phosphoric ester groups is 1. The predicted molar refractivity (Wildman–Crippen MR) is 201 cm³/mol. The molecule has 0 aliphatic carbocycles. The highest BCUT2D eigenvalue weighted by atomic mass is 31.2. The van der Waals surface area contributed by atoms with Gasteiger partial charge in [-0.3, -0.25) is 18.6 Å². The third kappa shape index (κ3) is 36.3. The van der Waals surface area contributed by atoms with E-state index in [2.05, 4.69) is 19.9 Å². The van der Waals surface area contributed by atoms with Crippen LogP contribution in [0.1, 0.15) is 174 Å². The molecule has 0 heterocycles. The summed E-state index contributed by atoms with van der Waals surface area (Å²) in [7, 11) is 1.47. The molecule has 0 bridgehead atoms. The average Bonchev–Trinajstić information content (AvgIpc) is 3.04. The number of carbonyl (C=O) groups is 2. The molecule has 0 aliphatic rings. The molecule has 1 unspecified atom stereocenters. The maximum atomic E-state index is 12.6. The van der Waals surface area contributed by atoms with Gasteiger partial charge in [0.25, 0.3) is 0 Å². The Morgan fingerprint density at radius 3 is 1.59 bits per heavy atom. The van der Waals surface area contributed by atoms with Crippen LogP contribution in [0.15, 0.2) is 12.2 Å². The highest BCUT2D eigenvalue weighted by Crippen LogP contribution is 2.43. The van der Waals surface area contributed by atoms with Crippen molar-refractivity contribution in [1.82, 2.24) is 0 Å². The SMILES string of the molecule is CCCCCCCCCCCCC/C=C/CCC(=O)OC[C@@H](COP(=O)(O)OCC[N+](C)(C)C)OC(=O)CCCCCCCCCCCC. The Labute approximate surface area is 301 Å². The van der Waals surface area contributed by atoms with E-state index in [1.807, 2.05) is 27.2 Å². The molecule has 0 aromatic heterocycles. The maximum Gasteiger partial charge on any atom is 0.472 e. The molecular weight excluding hydrogens is 641 g/mol. The lowest BCUT2D eigenvalue weighted by atomic mass is 10.1. The summed E-state index contributed by atoms with van der Waals surface area (Å²) in [4.78, 5) is 35.1. The molecular formula is C39H77NO8P+. The lowest BCUT2D eigenvalue weighted by Crippen LogP contribution is -2.37. The van der Waals surface area contributed by atoms with E-state index in [9.17, 15) is 19.0 Å². The van der Waals surface area contributed by atoms with Crippen molar-refractivity contribution in [2.45, 2.75) is 180 Å². The molecule has 290 valence electrons. The summed E-state index contributed by atoms with van der Waals surface area (Å²) in [5.74, 6) is -0.852. The molecule has 0 aliphatic heterocycles. The normalized spacial score (nSPS) is 13.8. The van der Waals surface area contributed by atoms with Crippen LogP contribution < -0.4 is 0 Å². The molecule has 0 amide bonds. The largest absolute Gasteiger partial charge is 0.472 e. The van der Waals surface area contributed by atoms with E-state index in [0.29, 0.717) is 23.9 Å². The minimum atomic E-state index is -4.37. The van der Waals surface area contributed by atoms with Gasteiger partial charge in [-0.2, -0.15) is 0 Å². The van der Waals surface area contributed by atoms with Crippen molar-refractivity contribution in [1.29, 1.82) is 0 Å². The number of esters is 2. The third-order valence-electron chi connectivity index (χ3n) is 8.56. The Hall–Kier alpha value is -1.25. The maximum absolute atomic E-state index is 12.6. The molecule has 0 rings (SSSR count). The second-order valence-electron chi connectivity index (χ2n) is 14.7. The van der Waals surface area contributed by atoms with Crippen molar-refractivity contribution in [2.75, 3.05) is 47.5 Å². The minimum absolute atomic E-state index is 0.0300. The van der Waals surface area contributed by atoms with Gasteiger partial charge in [-0.25, -0.2) is 4.57 Å². The Morgan fingerprint density at radius 2 is 1.08 bits per heavy atom. The first-order valence-electron chi connectivity index (χ1n) is 19.9. The zero-order chi connectivity index (χ0) is 36.5. The molecule has 9 nitrogen and oxygen atoms in total. The number of phosphoric acid groups is 1. The van der Waals surface area contributed by atoms with Gasteiger partial charge in [0.05, 0.1) is 27.7 Å². The number of unbranched alkanes of at least 4 members (excludes halogenated alkanes) is 20. The minimum Gasteiger partial charge on any atom is -0.462 e. The van der Waals surface area contributed by atoms with Crippen LogP contribution in [0, 0.1) is 0 Å². The zero-order valence-electron chi connectivity index (χ0n) is 32.4. The molecule has 0 aromatic carbocycles. The summed E-state index contributed by atoms with van der Waals surface area (Å²) in [6, 6.07) is 0. The van der Waals surface area contributed by atoms with Crippen LogP contribution in [0.25, 0.3) is 0 Å². The molecule has 0 aromatic rings. The van der Waals surface area contributed by atoms with E-state index in [1.54, 1.807) is 0 Å². The van der Waals surface area contributed by atoms with Crippen molar-refractivity contribution in [3.05, 3.63) is 12.2 Å². The number of hydrogen-bond donors (Lipinski definition) is 1. The van der Waals surface area contributed by atoms with Crippen LogP contribution in [0.3, 0.4) is 0 Å². The number of rotatable bonds is 36. The Bertz CT molecular complexity index is 860. The van der Waals surface area contributed by atoms with Crippen LogP contribution in [0.5, 0.6) is 0 Å². The Kier molecular flexibility index (Phi) is 31.8. The number of carbonyl (C=O) groups excluding carboxylic acids is 2. The molecule has 0 radical (unpaired) electrons. The van der Waals surface area contributed by atoms with E-state index in [4.69, 9.17) is 18.5 Å². The monoisotopic (exact) mass is 719 g/mol. The zero-order valence-corrected chi connectivity index (χ0v) is 33.3. The van der Waals surface area contributed by atoms with Gasteiger partial charge in [-0.15, -0.1) is 0 Å². The van der Waals surface area contributed by atoms with E-state index in [-0.39, 0.29) is 26.1 Å². The van der Waals surface area contributed by atoms with Gasteiger partial charge in [-0.05, 0) is 25.7 Å². The summed E-state index contributed by atoms with van der Waals surface area (Å²) in [6.07, 6.45) is 31.3. The Morgan fingerprint density at radius 1 is 0.612 bits per heavy atom. The highest BCUT2D eigenvalue weighted by molar-refractivity contribution is 7.47. The number of likely N-dealkylation sites (N-methyl/N-ethyl adjacent to an activating group) is 1. The van der Waals surface area contributed by atoms with Gasteiger partial charge in [0.15, 0.2) is 6.10 Å². The number of quaternary nitrogens is 1. The van der Waals surface area contributed by atoms with Crippen LogP contribution in [-0.2, 0) is 32.7 Å². The van der Waals surface area contributed by atoms with Crippen molar-refractivity contribution >= 4 is 19.8 Å². The van der Waals surface area contributed by atoms with E-state index in [0.717, 1.165) is 25.7 Å². The highest BCUT2D eigenvalue weighted by Gasteiger charge is 2.27. The van der Waals surface area contributed by atoms with Crippen molar-refractivity contribution in [2.24, 2.45) is 0 Å². The smallest absolute Gasteiger partial charge is 0.462 e. The molecule has 0 saturated heterocycles. The number of nitrogens with zero attached hydrogens (tertiary/aromatic N) is 1. The number of hydrogen-bond acceptors (Lipinski definition) is 7. The summed E-state index contributed by atoms with van der Waals surface area (Å²) < 4.78 is 34.1. The van der Waals surface area contributed by atoms with E-state index in [1.165, 1.54) is 109 Å². The van der Waals surface area contributed by atoms with Gasteiger partial charge in [0.1, 0.15) is 19.8 Å². The van der Waals surface area contributed by atoms with Gasteiger partial charge in [0, 0.05) is 12.8 Å². The molecule has 0 spiro atoms. The van der Waals surface area contributed by atoms with Crippen LogP contribution in [-0.4, -0.2) is 74.9 Å². The molecule has 10 heteroatoms. The first-order chi connectivity index (χ1) is 23.5. The van der Waals surface area contributed by atoms with Crippen molar-refractivity contribution in [3.8, 4) is 0 Å². The molecule has 1 N–H and O–H groups in total. The fourth-order valence-corrected chi connectivity index (χ4v) is 6.13. The first-order valence-corrected chi connectivity index (χ1v) is 21.4. The van der Waals surface area contributed by atoms with Crippen LogP contribution in [0.2, 0.25) is 0 Å². The first kappa shape index (κ1) is 47.8. The lowest BCUT2D eigenvalue weighted by Gasteiger charge is -2.24. The molecule has 49 heavy (non-hydrogen) atoms. The summed E-state index contributed by atoms with van der Waals surface area (Å²) in [5.41, 5.74) is 0. The summed E-state index contributed by atoms with van der Waals surface area (Å²) in [5, 5.41) is 0. The number of ether oxygens (including phenoxy) is 2. The fraction of sp³-hybridized carbons (Fsp3) is 0.897. The second-order valence-corrected chi connectivity index (χ2v) is 16.1. The standard InChI is InChI=1S/C39H76NO8P/c1-6-8-10-12-14-16-18-19-20-21-22-24-25-27-29-31-38(41)45-35-37(36-47-49(43,44)46-34-33-40(3,4)5)48-39(42)32-30-28-26-23-17-15-13-11-9-7-2/h25,27,37H,6-24,26,28-36H2,1-5H3/p+1/b27-25+/t37-/m0/s1. The van der Waals surface area contributed by atoms with Crippen molar-refractivity contribution in [3.63, 3.8) is 0 Å². The molecule has 2 atom stereocenters. The van der Waals surface area contributed by atoms with Gasteiger partial charge < -0.3 is 18.9 Å².